The first-order valence-electron chi connectivity index (χ1n) is 10.5. The molecule has 1 aliphatic rings. The van der Waals surface area contributed by atoms with Gasteiger partial charge in [-0.05, 0) is 70.0 Å². The van der Waals surface area contributed by atoms with Crippen LogP contribution in [0.5, 0.6) is 0 Å². The van der Waals surface area contributed by atoms with Crippen LogP contribution in [0.4, 0.5) is 4.79 Å². The Bertz CT molecular complexity index is 1190. The van der Waals surface area contributed by atoms with Crippen LogP contribution in [0.25, 0.3) is 10.9 Å². The zero-order valence-electron chi connectivity index (χ0n) is 18.1. The number of hydrogen-bond donors (Lipinski definition) is 0. The Labute approximate surface area is 183 Å². The maximum Gasteiger partial charge on any atom is 0.410 e. The van der Waals surface area contributed by atoms with Gasteiger partial charge < -0.3 is 14.2 Å². The molecule has 4 rings (SSSR count). The summed E-state index contributed by atoms with van der Waals surface area (Å²) in [7, 11) is -3.55. The molecule has 0 bridgehead atoms. The van der Waals surface area contributed by atoms with Crippen LogP contribution >= 0.6 is 0 Å². The summed E-state index contributed by atoms with van der Waals surface area (Å²) in [4.78, 5) is 14.7. The molecule has 2 heterocycles. The lowest BCUT2D eigenvalue weighted by atomic mass is 10.0. The molecule has 3 aromatic rings. The summed E-state index contributed by atoms with van der Waals surface area (Å²) in [5.74, 6) is 0. The number of sulfone groups is 1. The second-order valence-corrected chi connectivity index (χ2v) is 10.9. The minimum Gasteiger partial charge on any atom is -0.444 e. The lowest BCUT2D eigenvalue weighted by Crippen LogP contribution is -2.42. The van der Waals surface area contributed by atoms with Crippen LogP contribution in [-0.2, 0) is 14.6 Å². The van der Waals surface area contributed by atoms with Crippen molar-refractivity contribution in [3.8, 4) is 0 Å². The fourth-order valence-corrected chi connectivity index (χ4v) is 5.33. The number of rotatable bonds is 3. The van der Waals surface area contributed by atoms with Crippen LogP contribution < -0.4 is 0 Å². The number of nitrogens with zero attached hydrogens (tertiary/aromatic N) is 2. The van der Waals surface area contributed by atoms with Gasteiger partial charge in [-0.3, -0.25) is 0 Å². The smallest absolute Gasteiger partial charge is 0.410 e. The van der Waals surface area contributed by atoms with Crippen molar-refractivity contribution in [3.05, 3.63) is 60.8 Å². The standard InChI is InChI=1S/C24H28N2O4S/c1-24(2,3)30-23(27)25-14-12-19(13-15-25)26-16-11-18-17-21(9-10-22(18)26)31(28,29)20-7-5-4-6-8-20/h4-11,16-17,19H,12-15H2,1-3H3. The van der Waals surface area contributed by atoms with Crippen molar-refractivity contribution in [3.63, 3.8) is 0 Å². The van der Waals surface area contributed by atoms with Crippen LogP contribution in [0.2, 0.25) is 0 Å². The van der Waals surface area contributed by atoms with Gasteiger partial charge in [-0.2, -0.15) is 0 Å². The molecule has 1 aromatic heterocycles. The van der Waals surface area contributed by atoms with Crippen molar-refractivity contribution in [1.82, 2.24) is 9.47 Å². The Morgan fingerprint density at radius 2 is 1.65 bits per heavy atom. The molecule has 164 valence electrons. The van der Waals surface area contributed by atoms with Gasteiger partial charge in [0, 0.05) is 36.2 Å². The highest BCUT2D eigenvalue weighted by Gasteiger charge is 2.28. The van der Waals surface area contributed by atoms with Crippen molar-refractivity contribution in [2.24, 2.45) is 0 Å². The van der Waals surface area contributed by atoms with Crippen molar-refractivity contribution < 1.29 is 17.9 Å². The van der Waals surface area contributed by atoms with Crippen molar-refractivity contribution >= 4 is 26.8 Å². The molecule has 0 atom stereocenters. The monoisotopic (exact) mass is 440 g/mol. The molecule has 7 heteroatoms. The van der Waals surface area contributed by atoms with E-state index in [-0.39, 0.29) is 12.1 Å². The largest absolute Gasteiger partial charge is 0.444 e. The predicted octanol–water partition coefficient (Wildman–Crippen LogP) is 5.05. The summed E-state index contributed by atoms with van der Waals surface area (Å²) < 4.78 is 33.5. The van der Waals surface area contributed by atoms with E-state index in [2.05, 4.69) is 4.57 Å². The van der Waals surface area contributed by atoms with Crippen LogP contribution in [0.3, 0.4) is 0 Å². The normalized spacial score (nSPS) is 15.9. The number of likely N-dealkylation sites (tertiary alicyclic amines) is 1. The number of carbonyl (C=O) groups excluding carboxylic acids is 1. The Balaban J connectivity index is 1.52. The minimum absolute atomic E-state index is 0.257. The highest BCUT2D eigenvalue weighted by molar-refractivity contribution is 7.91. The number of aromatic nitrogens is 1. The number of fused-ring (bicyclic) bond motifs is 1. The van der Waals surface area contributed by atoms with Crippen molar-refractivity contribution in [1.29, 1.82) is 0 Å². The highest BCUT2D eigenvalue weighted by Crippen LogP contribution is 2.31. The first-order valence-corrected chi connectivity index (χ1v) is 12.0. The summed E-state index contributed by atoms with van der Waals surface area (Å²) in [6.45, 7) is 6.89. The maximum absolute atomic E-state index is 12.9. The van der Waals surface area contributed by atoms with Gasteiger partial charge in [0.05, 0.1) is 9.79 Å². The molecule has 0 N–H and O–H groups in total. The van der Waals surface area contributed by atoms with Gasteiger partial charge in [-0.15, -0.1) is 0 Å². The van der Waals surface area contributed by atoms with E-state index in [4.69, 9.17) is 4.74 Å². The summed E-state index contributed by atoms with van der Waals surface area (Å²) in [6, 6.07) is 16.0. The SMILES string of the molecule is CC(C)(C)OC(=O)N1CCC(n2ccc3cc(S(=O)(=O)c4ccccc4)ccc32)CC1. The highest BCUT2D eigenvalue weighted by atomic mass is 32.2. The number of benzene rings is 2. The Hall–Kier alpha value is -2.80. The van der Waals surface area contributed by atoms with Crippen LogP contribution in [0.15, 0.2) is 70.6 Å². The second-order valence-electron chi connectivity index (χ2n) is 8.96. The second kappa shape index (κ2) is 8.04. The van der Waals surface area contributed by atoms with E-state index in [1.54, 1.807) is 47.4 Å². The number of amides is 1. The minimum atomic E-state index is -3.55. The molecule has 2 aromatic carbocycles. The summed E-state index contributed by atoms with van der Waals surface area (Å²) in [5, 5.41) is 0.895. The molecule has 6 nitrogen and oxygen atoms in total. The van der Waals surface area contributed by atoms with Crippen molar-refractivity contribution in [2.75, 3.05) is 13.1 Å². The van der Waals surface area contributed by atoms with Gasteiger partial charge in [-0.25, -0.2) is 13.2 Å². The lowest BCUT2D eigenvalue weighted by Gasteiger charge is -2.34. The van der Waals surface area contributed by atoms with Gasteiger partial charge in [0.25, 0.3) is 0 Å². The zero-order valence-corrected chi connectivity index (χ0v) is 18.9. The molecule has 0 unspecified atom stereocenters. The maximum atomic E-state index is 12.9. The fourth-order valence-electron chi connectivity index (χ4n) is 4.02. The molecule has 0 spiro atoms. The number of hydrogen-bond acceptors (Lipinski definition) is 4. The van der Waals surface area contributed by atoms with Gasteiger partial charge in [0.1, 0.15) is 5.60 Å². The molecule has 0 aliphatic carbocycles. The lowest BCUT2D eigenvalue weighted by molar-refractivity contribution is 0.0189. The molecule has 1 saturated heterocycles. The van der Waals surface area contributed by atoms with E-state index in [1.807, 2.05) is 39.1 Å². The van der Waals surface area contributed by atoms with Crippen LogP contribution in [-0.4, -0.2) is 42.7 Å². The van der Waals surface area contributed by atoms with Crippen LogP contribution in [0.1, 0.15) is 39.7 Å². The van der Waals surface area contributed by atoms with Crippen molar-refractivity contribution in [2.45, 2.75) is 55.0 Å². The number of piperidine rings is 1. The predicted molar refractivity (Wildman–Crippen MR) is 120 cm³/mol. The number of ether oxygens (including phenoxy) is 1. The fraction of sp³-hybridized carbons (Fsp3) is 0.375. The average Bonchev–Trinajstić information content (AvgIpc) is 3.16. The first kappa shape index (κ1) is 21.4. The summed E-state index contributed by atoms with van der Waals surface area (Å²) in [6.07, 6.45) is 3.40. The topological polar surface area (TPSA) is 68.6 Å². The van der Waals surface area contributed by atoms with E-state index in [9.17, 15) is 13.2 Å². The van der Waals surface area contributed by atoms with E-state index in [0.29, 0.717) is 22.9 Å². The molecular formula is C24H28N2O4S. The molecule has 0 radical (unpaired) electrons. The molecule has 1 aliphatic heterocycles. The molecule has 1 fully saturated rings. The Morgan fingerprint density at radius 1 is 0.968 bits per heavy atom. The van der Waals surface area contributed by atoms with Crippen LogP contribution in [0, 0.1) is 0 Å². The zero-order chi connectivity index (χ0) is 22.2. The van der Waals surface area contributed by atoms with E-state index >= 15 is 0 Å². The third-order valence-corrected chi connectivity index (χ3v) is 7.33. The van der Waals surface area contributed by atoms with E-state index in [0.717, 1.165) is 23.7 Å². The van der Waals surface area contributed by atoms with E-state index in [1.165, 1.54) is 0 Å². The van der Waals surface area contributed by atoms with Gasteiger partial charge >= 0.3 is 6.09 Å². The van der Waals surface area contributed by atoms with Gasteiger partial charge in [0.15, 0.2) is 0 Å². The Morgan fingerprint density at radius 3 is 2.29 bits per heavy atom. The third kappa shape index (κ3) is 4.46. The summed E-state index contributed by atoms with van der Waals surface area (Å²) in [5.41, 5.74) is 0.505. The van der Waals surface area contributed by atoms with E-state index < -0.39 is 15.4 Å². The van der Waals surface area contributed by atoms with Gasteiger partial charge in [0.2, 0.25) is 9.84 Å². The quantitative estimate of drug-likeness (QED) is 0.572. The summed E-state index contributed by atoms with van der Waals surface area (Å²) >= 11 is 0. The molecule has 0 saturated carbocycles. The molecule has 1 amide bonds. The molecule has 31 heavy (non-hydrogen) atoms. The molecular weight excluding hydrogens is 412 g/mol. The first-order chi connectivity index (χ1) is 14.6. The average molecular weight is 441 g/mol. The Kier molecular flexibility index (Phi) is 5.56. The third-order valence-electron chi connectivity index (χ3n) is 5.57. The van der Waals surface area contributed by atoms with Gasteiger partial charge in [-0.1, -0.05) is 18.2 Å². The number of carbonyl (C=O) groups is 1.